The van der Waals surface area contributed by atoms with Crippen LogP contribution in [0.3, 0.4) is 0 Å². The van der Waals surface area contributed by atoms with Crippen LogP contribution in [0, 0.1) is 5.82 Å². The van der Waals surface area contributed by atoms with Gasteiger partial charge in [0, 0.05) is 24.4 Å². The molecule has 11 heteroatoms. The highest BCUT2D eigenvalue weighted by atomic mass is 32.2. The van der Waals surface area contributed by atoms with Gasteiger partial charge in [-0.05, 0) is 29.5 Å². The van der Waals surface area contributed by atoms with Crippen LogP contribution in [-0.2, 0) is 15.0 Å². The van der Waals surface area contributed by atoms with Crippen molar-refractivity contribution in [1.29, 1.82) is 0 Å². The maximum atomic E-state index is 15.2. The van der Waals surface area contributed by atoms with Gasteiger partial charge < -0.3 is 15.1 Å². The summed E-state index contributed by atoms with van der Waals surface area (Å²) in [7, 11) is -4.28. The summed E-state index contributed by atoms with van der Waals surface area (Å²) in [4.78, 5) is 23.8. The molecule has 3 N–H and O–H groups in total. The quantitative estimate of drug-likeness (QED) is 0.687. The normalized spacial score (nSPS) is 21.3. The number of likely N-dealkylation sites (tertiary alicyclic amines) is 1. The molecule has 2 aliphatic heterocycles. The summed E-state index contributed by atoms with van der Waals surface area (Å²) in [5.41, 5.74) is 0.117. The van der Waals surface area contributed by atoms with Crippen molar-refractivity contribution in [2.24, 2.45) is 0 Å². The van der Waals surface area contributed by atoms with Gasteiger partial charge in [-0.1, -0.05) is 12.1 Å². The lowest BCUT2D eigenvalue weighted by atomic mass is 9.95. The van der Waals surface area contributed by atoms with Gasteiger partial charge in [0.25, 0.3) is 5.91 Å². The number of anilines is 1. The van der Waals surface area contributed by atoms with E-state index in [0.29, 0.717) is 28.2 Å². The van der Waals surface area contributed by atoms with Crippen LogP contribution >= 0.6 is 0 Å². The fourth-order valence-corrected chi connectivity index (χ4v) is 4.85. The number of phenols is 1. The predicted molar refractivity (Wildman–Crippen MR) is 96.9 cm³/mol. The summed E-state index contributed by atoms with van der Waals surface area (Å²) >= 11 is 0. The molecule has 0 spiro atoms. The first-order valence-electron chi connectivity index (χ1n) is 8.43. The number of aromatic hydroxyl groups is 1. The van der Waals surface area contributed by atoms with Crippen LogP contribution in [0.2, 0.25) is 0 Å². The Balaban J connectivity index is 1.79. The fourth-order valence-electron chi connectivity index (χ4n) is 3.69. The number of carbonyl (C=O) groups excluding carboxylic acids is 1. The first-order chi connectivity index (χ1) is 13.2. The molecule has 4 rings (SSSR count). The van der Waals surface area contributed by atoms with E-state index in [4.69, 9.17) is 5.11 Å². The molecule has 1 atom stereocenters. The summed E-state index contributed by atoms with van der Waals surface area (Å²) in [6, 6.07) is 6.08. The Kier molecular flexibility index (Phi) is 4.07. The van der Waals surface area contributed by atoms with Crippen molar-refractivity contribution in [2.45, 2.75) is 12.3 Å². The first kappa shape index (κ1) is 18.3. The van der Waals surface area contributed by atoms with Gasteiger partial charge in [0.05, 0.1) is 0 Å². The number of carboxylic acid groups (broad SMARTS) is 1. The SMILES string of the molecule is O=C1CN(c2c(O)cc3ccc([C@H]4CCN(C(=O)O)C4)cc3c2F)S(=O)(=O)N1. The highest BCUT2D eigenvalue weighted by Gasteiger charge is 2.38. The van der Waals surface area contributed by atoms with Crippen molar-refractivity contribution >= 4 is 38.7 Å². The molecule has 28 heavy (non-hydrogen) atoms. The van der Waals surface area contributed by atoms with E-state index in [2.05, 4.69) is 0 Å². The monoisotopic (exact) mass is 409 g/mol. The zero-order chi connectivity index (χ0) is 20.2. The van der Waals surface area contributed by atoms with Gasteiger partial charge >= 0.3 is 16.3 Å². The number of amides is 2. The second-order valence-electron chi connectivity index (χ2n) is 6.79. The first-order valence-corrected chi connectivity index (χ1v) is 9.87. The molecule has 148 valence electrons. The molecule has 0 bridgehead atoms. The zero-order valence-electron chi connectivity index (χ0n) is 14.4. The third-order valence-corrected chi connectivity index (χ3v) is 6.43. The number of halogens is 1. The topological polar surface area (TPSA) is 127 Å². The van der Waals surface area contributed by atoms with Crippen molar-refractivity contribution in [2.75, 3.05) is 23.9 Å². The molecule has 0 radical (unpaired) electrons. The Morgan fingerprint density at radius 3 is 2.64 bits per heavy atom. The summed E-state index contributed by atoms with van der Waals surface area (Å²) in [5.74, 6) is -2.51. The van der Waals surface area contributed by atoms with Crippen molar-refractivity contribution in [3.05, 3.63) is 35.6 Å². The van der Waals surface area contributed by atoms with Crippen molar-refractivity contribution in [3.8, 4) is 5.75 Å². The van der Waals surface area contributed by atoms with E-state index in [1.54, 1.807) is 16.9 Å². The van der Waals surface area contributed by atoms with Crippen molar-refractivity contribution in [3.63, 3.8) is 0 Å². The molecule has 2 aromatic rings. The lowest BCUT2D eigenvalue weighted by molar-refractivity contribution is -0.117. The maximum Gasteiger partial charge on any atom is 0.407 e. The molecule has 2 heterocycles. The average molecular weight is 409 g/mol. The molecular weight excluding hydrogens is 393 g/mol. The smallest absolute Gasteiger partial charge is 0.407 e. The van der Waals surface area contributed by atoms with Gasteiger partial charge in [-0.2, -0.15) is 8.42 Å². The lowest BCUT2D eigenvalue weighted by Gasteiger charge is -2.19. The number of fused-ring (bicyclic) bond motifs is 1. The molecule has 0 unspecified atom stereocenters. The van der Waals surface area contributed by atoms with Crippen LogP contribution in [0.1, 0.15) is 17.9 Å². The maximum absolute atomic E-state index is 15.2. The number of phenolic OH excluding ortho intramolecular Hbond substituents is 1. The third kappa shape index (κ3) is 2.87. The molecule has 2 saturated heterocycles. The minimum absolute atomic E-state index is 0.0774. The van der Waals surface area contributed by atoms with Gasteiger partial charge in [-0.3, -0.25) is 4.79 Å². The molecule has 2 amide bonds. The number of hydrogen-bond acceptors (Lipinski definition) is 5. The summed E-state index contributed by atoms with van der Waals surface area (Å²) < 4.78 is 41.5. The van der Waals surface area contributed by atoms with Crippen LogP contribution in [0.15, 0.2) is 24.3 Å². The molecule has 2 aromatic carbocycles. The average Bonchev–Trinajstić information content (AvgIpc) is 3.19. The van der Waals surface area contributed by atoms with E-state index in [-0.39, 0.29) is 17.8 Å². The number of nitrogens with one attached hydrogen (secondary N) is 1. The summed E-state index contributed by atoms with van der Waals surface area (Å²) in [6.45, 7) is 0.0294. The number of benzene rings is 2. The van der Waals surface area contributed by atoms with Gasteiger partial charge in [-0.15, -0.1) is 0 Å². The minimum atomic E-state index is -4.28. The van der Waals surface area contributed by atoms with Crippen LogP contribution < -0.4 is 9.03 Å². The lowest BCUT2D eigenvalue weighted by Crippen LogP contribution is -2.30. The Morgan fingerprint density at radius 2 is 2.04 bits per heavy atom. The van der Waals surface area contributed by atoms with E-state index in [9.17, 15) is 23.1 Å². The van der Waals surface area contributed by atoms with Gasteiger partial charge in [0.2, 0.25) is 0 Å². The fraction of sp³-hybridized carbons (Fsp3) is 0.294. The number of rotatable bonds is 2. The molecule has 0 aliphatic carbocycles. The van der Waals surface area contributed by atoms with Crippen LogP contribution in [0.4, 0.5) is 14.9 Å². The van der Waals surface area contributed by atoms with E-state index in [1.165, 1.54) is 17.0 Å². The van der Waals surface area contributed by atoms with Gasteiger partial charge in [0.15, 0.2) is 5.82 Å². The highest BCUT2D eigenvalue weighted by molar-refractivity contribution is 7.92. The summed E-state index contributed by atoms with van der Waals surface area (Å²) in [6.07, 6.45) is -0.429. The predicted octanol–water partition coefficient (Wildman–Crippen LogP) is 1.33. The molecular formula is C17H16FN3O6S. The third-order valence-electron chi connectivity index (χ3n) is 5.06. The largest absolute Gasteiger partial charge is 0.506 e. The number of nitrogens with zero attached hydrogens (tertiary/aromatic N) is 2. The molecule has 0 aromatic heterocycles. The van der Waals surface area contributed by atoms with E-state index >= 15 is 4.39 Å². The van der Waals surface area contributed by atoms with E-state index in [1.807, 2.05) is 0 Å². The van der Waals surface area contributed by atoms with E-state index < -0.39 is 46.0 Å². The molecule has 2 aliphatic rings. The Morgan fingerprint density at radius 1 is 1.29 bits per heavy atom. The van der Waals surface area contributed by atoms with Crippen LogP contribution in [0.25, 0.3) is 10.8 Å². The van der Waals surface area contributed by atoms with Crippen LogP contribution in [-0.4, -0.2) is 55.2 Å². The summed E-state index contributed by atoms with van der Waals surface area (Å²) in [5, 5.41) is 19.7. The Bertz CT molecular complexity index is 1120. The number of carbonyl (C=O) groups is 2. The second-order valence-corrected chi connectivity index (χ2v) is 8.38. The van der Waals surface area contributed by atoms with Crippen LogP contribution in [0.5, 0.6) is 5.75 Å². The number of hydrogen-bond donors (Lipinski definition) is 3. The Hall–Kier alpha value is -3.08. The Labute approximate surface area is 159 Å². The van der Waals surface area contributed by atoms with Gasteiger partial charge in [0.1, 0.15) is 18.0 Å². The molecule has 9 nitrogen and oxygen atoms in total. The minimum Gasteiger partial charge on any atom is -0.506 e. The van der Waals surface area contributed by atoms with Gasteiger partial charge in [-0.25, -0.2) is 18.2 Å². The van der Waals surface area contributed by atoms with Crippen molar-refractivity contribution in [1.82, 2.24) is 9.62 Å². The molecule has 0 saturated carbocycles. The van der Waals surface area contributed by atoms with Crippen molar-refractivity contribution < 1.29 is 32.6 Å². The standard InChI is InChI=1S/C17H16FN3O6S/c18-15-12-5-9(11-3-4-20(7-11)17(24)25)1-2-10(12)6-13(22)16(15)21-8-14(23)19-28(21,26)27/h1-2,5-6,11,22H,3-4,7-8H2,(H,19,23)(H,24,25)/t11-/m0/s1. The zero-order valence-corrected chi connectivity index (χ0v) is 15.2. The highest BCUT2D eigenvalue weighted by Crippen LogP contribution is 2.39. The van der Waals surface area contributed by atoms with E-state index in [0.717, 1.165) is 0 Å². The molecule has 2 fully saturated rings. The second kappa shape index (κ2) is 6.23.